The molecular weight excluding hydrogens is 395 g/mol. The van der Waals surface area contributed by atoms with Crippen molar-refractivity contribution in [1.29, 1.82) is 0 Å². The van der Waals surface area contributed by atoms with Gasteiger partial charge in [0.05, 0.1) is 17.0 Å². The van der Waals surface area contributed by atoms with Crippen LogP contribution < -0.4 is 9.62 Å². The minimum Gasteiger partial charge on any atom is -0.350 e. The summed E-state index contributed by atoms with van der Waals surface area (Å²) in [6.07, 6.45) is 1.02. The predicted molar refractivity (Wildman–Crippen MR) is 106 cm³/mol. The third-order valence-electron chi connectivity index (χ3n) is 3.78. The Bertz CT molecular complexity index is 916. The molecule has 0 aliphatic carbocycles. The van der Waals surface area contributed by atoms with Gasteiger partial charge in [-0.1, -0.05) is 53.0 Å². The standard InChI is InChI=1S/C18H20Cl2N2O3S/c1-12-5-4-6-14(9-12)11-21-18(23)13(2)22(26(3,24)25)17-10-15(19)7-8-16(17)20/h4-10,13H,11H2,1-3H3,(H,21,23). The molecule has 0 bridgehead atoms. The van der Waals surface area contributed by atoms with E-state index in [-0.39, 0.29) is 10.7 Å². The van der Waals surface area contributed by atoms with Crippen molar-refractivity contribution in [3.05, 3.63) is 63.6 Å². The van der Waals surface area contributed by atoms with E-state index in [2.05, 4.69) is 5.32 Å². The molecule has 0 spiro atoms. The fourth-order valence-corrected chi connectivity index (χ4v) is 4.20. The molecule has 0 fully saturated rings. The lowest BCUT2D eigenvalue weighted by Gasteiger charge is -2.29. The number of sulfonamides is 1. The summed E-state index contributed by atoms with van der Waals surface area (Å²) in [7, 11) is -3.76. The van der Waals surface area contributed by atoms with Crippen molar-refractivity contribution < 1.29 is 13.2 Å². The molecular formula is C18H20Cl2N2O3S. The Morgan fingerprint density at radius 2 is 1.88 bits per heavy atom. The Hall–Kier alpha value is -1.76. The van der Waals surface area contributed by atoms with Crippen molar-refractivity contribution in [1.82, 2.24) is 5.32 Å². The maximum Gasteiger partial charge on any atom is 0.243 e. The number of hydrogen-bond donors (Lipinski definition) is 1. The van der Waals surface area contributed by atoms with E-state index in [0.717, 1.165) is 21.7 Å². The third-order valence-corrected chi connectivity index (χ3v) is 5.57. The maximum absolute atomic E-state index is 12.6. The van der Waals surface area contributed by atoms with Crippen LogP contribution in [0.4, 0.5) is 5.69 Å². The zero-order valence-corrected chi connectivity index (χ0v) is 17.0. The Labute approximate surface area is 164 Å². The van der Waals surface area contributed by atoms with Gasteiger partial charge in [-0.25, -0.2) is 8.42 Å². The van der Waals surface area contributed by atoms with Crippen molar-refractivity contribution in [2.45, 2.75) is 26.4 Å². The molecule has 8 heteroatoms. The summed E-state index contributed by atoms with van der Waals surface area (Å²) in [5, 5.41) is 3.28. The fraction of sp³-hybridized carbons (Fsp3) is 0.278. The molecule has 0 saturated heterocycles. The van der Waals surface area contributed by atoms with Crippen LogP contribution >= 0.6 is 23.2 Å². The molecule has 0 saturated carbocycles. The molecule has 2 aromatic carbocycles. The normalized spacial score (nSPS) is 12.5. The first-order valence-corrected chi connectivity index (χ1v) is 10.5. The van der Waals surface area contributed by atoms with E-state index in [0.29, 0.717) is 11.6 Å². The SMILES string of the molecule is Cc1cccc(CNC(=O)C(C)N(c2cc(Cl)ccc2Cl)S(C)(=O)=O)c1. The molecule has 1 N–H and O–H groups in total. The van der Waals surface area contributed by atoms with E-state index < -0.39 is 22.0 Å². The van der Waals surface area contributed by atoms with Gasteiger partial charge in [0.25, 0.3) is 0 Å². The van der Waals surface area contributed by atoms with Gasteiger partial charge in [-0.05, 0) is 37.6 Å². The van der Waals surface area contributed by atoms with Gasteiger partial charge in [-0.2, -0.15) is 0 Å². The summed E-state index contributed by atoms with van der Waals surface area (Å²) >= 11 is 12.1. The average molecular weight is 415 g/mol. The third kappa shape index (κ3) is 5.13. The molecule has 2 rings (SSSR count). The summed E-state index contributed by atoms with van der Waals surface area (Å²) in [4.78, 5) is 12.6. The molecule has 2 aromatic rings. The first kappa shape index (κ1) is 20.6. The van der Waals surface area contributed by atoms with E-state index in [9.17, 15) is 13.2 Å². The number of hydrogen-bond acceptors (Lipinski definition) is 3. The molecule has 1 amide bonds. The highest BCUT2D eigenvalue weighted by Crippen LogP contribution is 2.32. The van der Waals surface area contributed by atoms with Crippen LogP contribution in [0.2, 0.25) is 10.0 Å². The number of carbonyl (C=O) groups is 1. The van der Waals surface area contributed by atoms with Gasteiger partial charge in [0.15, 0.2) is 0 Å². The number of rotatable bonds is 6. The summed E-state index contributed by atoms with van der Waals surface area (Å²) in [6, 6.07) is 11.2. The number of halogens is 2. The number of nitrogens with one attached hydrogen (secondary N) is 1. The van der Waals surface area contributed by atoms with Crippen molar-refractivity contribution in [3.8, 4) is 0 Å². The first-order chi connectivity index (χ1) is 12.1. The Morgan fingerprint density at radius 3 is 2.50 bits per heavy atom. The number of nitrogens with zero attached hydrogens (tertiary/aromatic N) is 1. The van der Waals surface area contributed by atoms with Crippen LogP contribution in [0.15, 0.2) is 42.5 Å². The molecule has 1 atom stereocenters. The van der Waals surface area contributed by atoms with E-state index in [4.69, 9.17) is 23.2 Å². The van der Waals surface area contributed by atoms with Crippen LogP contribution in [-0.2, 0) is 21.4 Å². The van der Waals surface area contributed by atoms with Crippen LogP contribution in [-0.4, -0.2) is 26.6 Å². The van der Waals surface area contributed by atoms with Crippen LogP contribution in [0.3, 0.4) is 0 Å². The topological polar surface area (TPSA) is 66.5 Å². The van der Waals surface area contributed by atoms with E-state index in [1.165, 1.54) is 19.1 Å². The minimum atomic E-state index is -3.76. The molecule has 0 radical (unpaired) electrons. The second-order valence-corrected chi connectivity index (χ2v) is 8.74. The molecule has 5 nitrogen and oxygen atoms in total. The minimum absolute atomic E-state index is 0.167. The van der Waals surface area contributed by atoms with Gasteiger partial charge in [-0.3, -0.25) is 9.10 Å². The van der Waals surface area contributed by atoms with E-state index in [1.807, 2.05) is 31.2 Å². The second-order valence-electron chi connectivity index (χ2n) is 6.04. The monoisotopic (exact) mass is 414 g/mol. The highest BCUT2D eigenvalue weighted by Gasteiger charge is 2.30. The van der Waals surface area contributed by atoms with Crippen molar-refractivity contribution >= 4 is 44.8 Å². The zero-order valence-electron chi connectivity index (χ0n) is 14.7. The molecule has 0 aromatic heterocycles. The highest BCUT2D eigenvalue weighted by molar-refractivity contribution is 7.92. The summed E-state index contributed by atoms with van der Waals surface area (Å²) < 4.78 is 25.6. The van der Waals surface area contributed by atoms with Crippen molar-refractivity contribution in [2.24, 2.45) is 0 Å². The molecule has 0 heterocycles. The molecule has 26 heavy (non-hydrogen) atoms. The Morgan fingerprint density at radius 1 is 1.19 bits per heavy atom. The van der Waals surface area contributed by atoms with Crippen LogP contribution in [0.5, 0.6) is 0 Å². The van der Waals surface area contributed by atoms with Gasteiger partial charge >= 0.3 is 0 Å². The van der Waals surface area contributed by atoms with Gasteiger partial charge < -0.3 is 5.32 Å². The summed E-state index contributed by atoms with van der Waals surface area (Å²) in [5.41, 5.74) is 2.17. The fourth-order valence-electron chi connectivity index (χ4n) is 2.59. The smallest absolute Gasteiger partial charge is 0.243 e. The summed E-state index contributed by atoms with van der Waals surface area (Å²) in [6.45, 7) is 3.76. The molecule has 0 aliphatic rings. The van der Waals surface area contributed by atoms with E-state index in [1.54, 1.807) is 6.07 Å². The van der Waals surface area contributed by atoms with E-state index >= 15 is 0 Å². The Kier molecular flexibility index (Phi) is 6.55. The Balaban J connectivity index is 2.25. The van der Waals surface area contributed by atoms with Crippen LogP contribution in [0.25, 0.3) is 0 Å². The number of amides is 1. The second kappa shape index (κ2) is 8.29. The number of anilines is 1. The lowest BCUT2D eigenvalue weighted by Crippen LogP contribution is -2.47. The molecule has 1 unspecified atom stereocenters. The maximum atomic E-state index is 12.6. The van der Waals surface area contributed by atoms with Gasteiger partial charge in [-0.15, -0.1) is 0 Å². The molecule has 0 aliphatic heterocycles. The molecule has 140 valence electrons. The number of benzene rings is 2. The number of carbonyl (C=O) groups excluding carboxylic acids is 1. The largest absolute Gasteiger partial charge is 0.350 e. The van der Waals surface area contributed by atoms with Gasteiger partial charge in [0.1, 0.15) is 6.04 Å². The highest BCUT2D eigenvalue weighted by atomic mass is 35.5. The quantitative estimate of drug-likeness (QED) is 0.781. The lowest BCUT2D eigenvalue weighted by molar-refractivity contribution is -0.122. The first-order valence-electron chi connectivity index (χ1n) is 7.87. The zero-order chi connectivity index (χ0) is 19.5. The van der Waals surface area contributed by atoms with Crippen LogP contribution in [0.1, 0.15) is 18.1 Å². The summed E-state index contributed by atoms with van der Waals surface area (Å²) in [5.74, 6) is -0.437. The average Bonchev–Trinajstić information content (AvgIpc) is 2.54. The predicted octanol–water partition coefficient (Wildman–Crippen LogP) is 3.77. The lowest BCUT2D eigenvalue weighted by atomic mass is 10.1. The van der Waals surface area contributed by atoms with Gasteiger partial charge in [0, 0.05) is 11.6 Å². The number of aryl methyl sites for hydroxylation is 1. The van der Waals surface area contributed by atoms with Crippen molar-refractivity contribution in [2.75, 3.05) is 10.6 Å². The van der Waals surface area contributed by atoms with Gasteiger partial charge in [0.2, 0.25) is 15.9 Å². The van der Waals surface area contributed by atoms with Crippen LogP contribution in [0, 0.1) is 6.92 Å². The van der Waals surface area contributed by atoms with Crippen molar-refractivity contribution in [3.63, 3.8) is 0 Å².